The molecule has 6 nitrogen and oxygen atoms in total. The van der Waals surface area contributed by atoms with E-state index >= 15 is 0 Å². The summed E-state index contributed by atoms with van der Waals surface area (Å²) in [5.74, 6) is -1.04. The second-order valence-electron chi connectivity index (χ2n) is 5.31. The lowest BCUT2D eigenvalue weighted by molar-refractivity contribution is -0.137. The number of para-hydroxylation sites is 1. The van der Waals surface area contributed by atoms with E-state index in [-0.39, 0.29) is 17.7 Å². The summed E-state index contributed by atoms with van der Waals surface area (Å²) in [6, 6.07) is 11.0. The van der Waals surface area contributed by atoms with Crippen molar-refractivity contribution in [1.29, 1.82) is 0 Å². The highest BCUT2D eigenvalue weighted by atomic mass is 35.5. The molecular weight excluding hydrogens is 346 g/mol. The van der Waals surface area contributed by atoms with Crippen LogP contribution in [0.15, 0.2) is 42.5 Å². The fourth-order valence-corrected chi connectivity index (χ4v) is 2.31. The molecule has 0 aromatic heterocycles. The zero-order chi connectivity index (χ0) is 18.2. The highest BCUT2D eigenvalue weighted by Gasteiger charge is 2.14. The molecular formula is C18H18ClNO5. The molecule has 0 aliphatic rings. The second-order valence-corrected chi connectivity index (χ2v) is 5.75. The normalized spacial score (nSPS) is 10.3. The van der Waals surface area contributed by atoms with Crippen LogP contribution in [0.3, 0.4) is 0 Å². The van der Waals surface area contributed by atoms with E-state index in [2.05, 4.69) is 5.32 Å². The third-order valence-corrected chi connectivity index (χ3v) is 3.62. The van der Waals surface area contributed by atoms with Crippen LogP contribution in [-0.4, -0.2) is 28.7 Å². The predicted molar refractivity (Wildman–Crippen MR) is 94.5 cm³/mol. The summed E-state index contributed by atoms with van der Waals surface area (Å²) in [6.07, 6.45) is 1.16. The summed E-state index contributed by atoms with van der Waals surface area (Å²) >= 11 is 5.97. The van der Waals surface area contributed by atoms with Gasteiger partial charge in [-0.1, -0.05) is 23.7 Å². The second kappa shape index (κ2) is 8.94. The smallest absolute Gasteiger partial charge is 0.303 e. The zero-order valence-corrected chi connectivity index (χ0v) is 14.1. The molecule has 0 radical (unpaired) electrons. The minimum absolute atomic E-state index is 0.0842. The summed E-state index contributed by atoms with van der Waals surface area (Å²) < 4.78 is 5.61. The van der Waals surface area contributed by atoms with Gasteiger partial charge in [-0.05, 0) is 43.2 Å². The first-order valence-electron chi connectivity index (χ1n) is 7.71. The number of rotatable bonds is 8. The van der Waals surface area contributed by atoms with Crippen molar-refractivity contribution in [3.63, 3.8) is 0 Å². The van der Waals surface area contributed by atoms with Crippen LogP contribution in [-0.2, 0) is 4.79 Å². The number of nitrogens with one attached hydrogen (secondary N) is 1. The number of carbonyl (C=O) groups excluding carboxylic acids is 1. The van der Waals surface area contributed by atoms with E-state index in [1.165, 1.54) is 12.1 Å². The van der Waals surface area contributed by atoms with E-state index in [0.29, 0.717) is 35.9 Å². The number of hydrogen-bond acceptors (Lipinski definition) is 4. The van der Waals surface area contributed by atoms with Crippen LogP contribution in [0.5, 0.6) is 11.5 Å². The number of carboxylic acid groups (broad SMARTS) is 1. The molecule has 1 amide bonds. The summed E-state index contributed by atoms with van der Waals surface area (Å²) in [4.78, 5) is 22.8. The standard InChI is InChI=1S/C18H18ClNO5/c19-12-8-9-16(25-10-4-3-7-17(22)23)14(11-12)20-18(24)13-5-1-2-6-15(13)21/h1-2,5-6,8-9,11,21H,3-4,7,10H2,(H,20,24)(H,22,23). The van der Waals surface area contributed by atoms with Crippen molar-refractivity contribution in [2.24, 2.45) is 0 Å². The molecule has 2 rings (SSSR count). The van der Waals surface area contributed by atoms with Crippen molar-refractivity contribution in [2.45, 2.75) is 19.3 Å². The number of ether oxygens (including phenoxy) is 1. The van der Waals surface area contributed by atoms with Gasteiger partial charge in [0.25, 0.3) is 5.91 Å². The summed E-state index contributed by atoms with van der Waals surface area (Å²) in [6.45, 7) is 0.314. The van der Waals surface area contributed by atoms with Crippen LogP contribution in [0, 0.1) is 0 Å². The number of halogens is 1. The SMILES string of the molecule is O=C(O)CCCCOc1ccc(Cl)cc1NC(=O)c1ccccc1O. The molecule has 3 N–H and O–H groups in total. The number of hydrogen-bond donors (Lipinski definition) is 3. The van der Waals surface area contributed by atoms with E-state index in [1.807, 2.05) is 0 Å². The van der Waals surface area contributed by atoms with Gasteiger partial charge in [0.05, 0.1) is 17.9 Å². The van der Waals surface area contributed by atoms with Crippen molar-refractivity contribution in [3.8, 4) is 11.5 Å². The molecule has 0 aliphatic heterocycles. The molecule has 0 saturated carbocycles. The first-order chi connectivity index (χ1) is 12.0. The quantitative estimate of drug-likeness (QED) is 0.617. The third-order valence-electron chi connectivity index (χ3n) is 3.38. The van der Waals surface area contributed by atoms with E-state index in [4.69, 9.17) is 21.4 Å². The maximum atomic E-state index is 12.3. The fraction of sp³-hybridized carbons (Fsp3) is 0.222. The molecule has 132 valence electrons. The minimum atomic E-state index is -0.845. The van der Waals surface area contributed by atoms with Gasteiger partial charge >= 0.3 is 5.97 Å². The lowest BCUT2D eigenvalue weighted by Gasteiger charge is -2.13. The molecule has 25 heavy (non-hydrogen) atoms. The molecule has 7 heteroatoms. The highest BCUT2D eigenvalue weighted by molar-refractivity contribution is 6.31. The molecule has 0 spiro atoms. The first kappa shape index (κ1) is 18.6. The Balaban J connectivity index is 2.04. The van der Waals surface area contributed by atoms with Crippen LogP contribution in [0.4, 0.5) is 5.69 Å². The van der Waals surface area contributed by atoms with E-state index < -0.39 is 11.9 Å². The Bertz CT molecular complexity index is 763. The number of aromatic hydroxyl groups is 1. The maximum absolute atomic E-state index is 12.3. The Morgan fingerprint density at radius 1 is 1.12 bits per heavy atom. The molecule has 0 aliphatic carbocycles. The Morgan fingerprint density at radius 2 is 1.88 bits per heavy atom. The van der Waals surface area contributed by atoms with Crippen molar-refractivity contribution in [2.75, 3.05) is 11.9 Å². The number of amides is 1. The van der Waals surface area contributed by atoms with Crippen molar-refractivity contribution >= 4 is 29.2 Å². The van der Waals surface area contributed by atoms with E-state index in [1.54, 1.807) is 30.3 Å². The Labute approximate surface area is 150 Å². The third kappa shape index (κ3) is 5.69. The van der Waals surface area contributed by atoms with Crippen LogP contribution in [0.1, 0.15) is 29.6 Å². The largest absolute Gasteiger partial charge is 0.507 e. The van der Waals surface area contributed by atoms with Crippen molar-refractivity contribution in [1.82, 2.24) is 0 Å². The molecule has 0 fully saturated rings. The summed E-state index contributed by atoms with van der Waals surface area (Å²) in [5.41, 5.74) is 0.508. The topological polar surface area (TPSA) is 95.9 Å². The average molecular weight is 364 g/mol. The number of phenols is 1. The van der Waals surface area contributed by atoms with Gasteiger partial charge in [0.1, 0.15) is 11.5 Å². The molecule has 0 unspecified atom stereocenters. The minimum Gasteiger partial charge on any atom is -0.507 e. The fourth-order valence-electron chi connectivity index (χ4n) is 2.14. The number of anilines is 1. The van der Waals surface area contributed by atoms with Gasteiger partial charge in [-0.15, -0.1) is 0 Å². The summed E-state index contributed by atoms with van der Waals surface area (Å²) in [5, 5.41) is 21.5. The molecule has 2 aromatic rings. The zero-order valence-electron chi connectivity index (χ0n) is 13.4. The van der Waals surface area contributed by atoms with Crippen LogP contribution < -0.4 is 10.1 Å². The average Bonchev–Trinajstić information content (AvgIpc) is 2.56. The van der Waals surface area contributed by atoms with E-state index in [9.17, 15) is 14.7 Å². The van der Waals surface area contributed by atoms with Crippen LogP contribution in [0.25, 0.3) is 0 Å². The lowest BCUT2D eigenvalue weighted by atomic mass is 10.2. The first-order valence-corrected chi connectivity index (χ1v) is 8.08. The monoisotopic (exact) mass is 363 g/mol. The predicted octanol–water partition coefficient (Wildman–Crippen LogP) is 3.93. The number of phenolic OH excluding ortho intramolecular Hbond substituents is 1. The van der Waals surface area contributed by atoms with Crippen LogP contribution >= 0.6 is 11.6 Å². The molecule has 0 heterocycles. The lowest BCUT2D eigenvalue weighted by Crippen LogP contribution is -2.13. The van der Waals surface area contributed by atoms with Gasteiger partial charge in [0.15, 0.2) is 0 Å². The van der Waals surface area contributed by atoms with Crippen molar-refractivity contribution < 1.29 is 24.5 Å². The highest BCUT2D eigenvalue weighted by Crippen LogP contribution is 2.29. The van der Waals surface area contributed by atoms with Gasteiger partial charge in [-0.3, -0.25) is 9.59 Å². The van der Waals surface area contributed by atoms with Gasteiger partial charge in [-0.2, -0.15) is 0 Å². The molecule has 2 aromatic carbocycles. The molecule has 0 bridgehead atoms. The van der Waals surface area contributed by atoms with Crippen molar-refractivity contribution in [3.05, 3.63) is 53.1 Å². The van der Waals surface area contributed by atoms with Gasteiger partial charge in [0, 0.05) is 11.4 Å². The summed E-state index contributed by atoms with van der Waals surface area (Å²) in [7, 11) is 0. The molecule has 0 saturated heterocycles. The van der Waals surface area contributed by atoms with Gasteiger partial charge in [0.2, 0.25) is 0 Å². The number of carbonyl (C=O) groups is 2. The number of aliphatic carboxylic acids is 1. The van der Waals surface area contributed by atoms with Crippen LogP contribution in [0.2, 0.25) is 5.02 Å². The van der Waals surface area contributed by atoms with Gasteiger partial charge in [-0.25, -0.2) is 0 Å². The van der Waals surface area contributed by atoms with E-state index in [0.717, 1.165) is 0 Å². The number of benzene rings is 2. The number of unbranched alkanes of at least 4 members (excludes halogenated alkanes) is 1. The Hall–Kier alpha value is -2.73. The molecule has 0 atom stereocenters. The number of carboxylic acids is 1. The van der Waals surface area contributed by atoms with Gasteiger partial charge < -0.3 is 20.3 Å². The Kier molecular flexibility index (Phi) is 6.65. The maximum Gasteiger partial charge on any atom is 0.303 e. The Morgan fingerprint density at radius 3 is 2.60 bits per heavy atom.